The molecule has 0 saturated carbocycles. The van der Waals surface area contributed by atoms with Gasteiger partial charge in [0, 0.05) is 0 Å². The van der Waals surface area contributed by atoms with Crippen molar-refractivity contribution in [3.05, 3.63) is 47.6 Å². The van der Waals surface area contributed by atoms with Crippen LogP contribution >= 0.6 is 11.6 Å². The van der Waals surface area contributed by atoms with Gasteiger partial charge < -0.3 is 0 Å². The summed E-state index contributed by atoms with van der Waals surface area (Å²) in [5, 5.41) is 3.97. The first-order chi connectivity index (χ1) is 8.33. The van der Waals surface area contributed by atoms with Gasteiger partial charge in [-0.05, 0) is 0 Å². The van der Waals surface area contributed by atoms with Crippen LogP contribution < -0.4 is 5.32 Å². The van der Waals surface area contributed by atoms with Gasteiger partial charge in [-0.25, -0.2) is 0 Å². The normalized spacial score (nSPS) is 10.6. The Bertz CT molecular complexity index is 632. The average Bonchev–Trinajstić information content (AvgIpc) is 2.74. The fourth-order valence-electron chi connectivity index (χ4n) is 1.50. The number of para-hydroxylation sites is 1. The SMILES string of the molecule is Clc1ccccc1Nc1nc2cccnc2[se]1. The number of hydrogen-bond donors (Lipinski definition) is 1. The first-order valence-electron chi connectivity index (χ1n) is 5.06. The molecule has 0 atom stereocenters. The monoisotopic (exact) mass is 309 g/mol. The molecule has 2 heterocycles. The number of nitrogens with one attached hydrogen (secondary N) is 1. The summed E-state index contributed by atoms with van der Waals surface area (Å²) in [4.78, 5) is 8.81. The van der Waals surface area contributed by atoms with Crippen molar-refractivity contribution < 1.29 is 0 Å². The molecular weight excluding hydrogens is 301 g/mol. The van der Waals surface area contributed by atoms with E-state index in [-0.39, 0.29) is 14.5 Å². The van der Waals surface area contributed by atoms with Crippen molar-refractivity contribution in [2.75, 3.05) is 5.32 Å². The fourth-order valence-corrected chi connectivity index (χ4v) is 3.40. The van der Waals surface area contributed by atoms with Crippen LogP contribution in [0, 0.1) is 0 Å². The Balaban J connectivity index is 1.98. The molecule has 0 radical (unpaired) electrons. The maximum absolute atomic E-state index is 6.09. The molecule has 1 aromatic carbocycles. The second kappa shape index (κ2) is 4.49. The van der Waals surface area contributed by atoms with Gasteiger partial charge in [0.15, 0.2) is 0 Å². The van der Waals surface area contributed by atoms with E-state index in [0.29, 0.717) is 5.02 Å². The molecular formula is C12H8ClN3Se. The van der Waals surface area contributed by atoms with Crippen molar-refractivity contribution in [1.29, 1.82) is 0 Å². The molecule has 2 aromatic heterocycles. The number of hydrogen-bond acceptors (Lipinski definition) is 3. The Morgan fingerprint density at radius 1 is 1.12 bits per heavy atom. The third-order valence-electron chi connectivity index (χ3n) is 2.28. The van der Waals surface area contributed by atoms with Crippen LogP contribution in [-0.2, 0) is 0 Å². The summed E-state index contributed by atoms with van der Waals surface area (Å²) in [5.74, 6) is 0. The quantitative estimate of drug-likeness (QED) is 0.739. The van der Waals surface area contributed by atoms with E-state index in [1.807, 2.05) is 36.4 Å². The fraction of sp³-hybridized carbons (Fsp3) is 0. The van der Waals surface area contributed by atoms with Crippen LogP contribution in [0.1, 0.15) is 0 Å². The summed E-state index contributed by atoms with van der Waals surface area (Å²) in [6, 6.07) is 11.5. The Morgan fingerprint density at radius 3 is 2.82 bits per heavy atom. The first-order valence-corrected chi connectivity index (χ1v) is 7.15. The van der Waals surface area contributed by atoms with Gasteiger partial charge in [0.05, 0.1) is 0 Å². The zero-order valence-electron chi connectivity index (χ0n) is 8.72. The zero-order valence-corrected chi connectivity index (χ0v) is 11.2. The van der Waals surface area contributed by atoms with Crippen LogP contribution in [0.15, 0.2) is 42.6 Å². The van der Waals surface area contributed by atoms with E-state index >= 15 is 0 Å². The van der Waals surface area contributed by atoms with Crippen LogP contribution in [-0.4, -0.2) is 24.5 Å². The molecule has 17 heavy (non-hydrogen) atoms. The van der Waals surface area contributed by atoms with E-state index in [4.69, 9.17) is 11.6 Å². The minimum absolute atomic E-state index is 0.135. The van der Waals surface area contributed by atoms with Gasteiger partial charge in [0.2, 0.25) is 0 Å². The van der Waals surface area contributed by atoms with Gasteiger partial charge in [0.1, 0.15) is 0 Å². The van der Waals surface area contributed by atoms with Gasteiger partial charge in [0.25, 0.3) is 0 Å². The molecule has 84 valence electrons. The average molecular weight is 309 g/mol. The summed E-state index contributed by atoms with van der Waals surface area (Å²) >= 11 is 6.22. The standard InChI is InChI=1S/C12H8ClN3Se/c13-8-4-1-2-5-9(8)15-12-16-10-6-3-7-14-11(10)17-12/h1-7H,(H,15,16). The molecule has 0 saturated heterocycles. The summed E-state index contributed by atoms with van der Waals surface area (Å²) < 4.78 is 2.01. The second-order valence-electron chi connectivity index (χ2n) is 3.45. The number of pyridine rings is 1. The van der Waals surface area contributed by atoms with Crippen LogP contribution in [0.4, 0.5) is 10.4 Å². The zero-order chi connectivity index (χ0) is 11.7. The topological polar surface area (TPSA) is 37.8 Å². The van der Waals surface area contributed by atoms with Crippen molar-refractivity contribution in [3.8, 4) is 0 Å². The van der Waals surface area contributed by atoms with Crippen molar-refractivity contribution >= 4 is 46.4 Å². The third-order valence-corrected chi connectivity index (χ3v) is 4.49. The molecule has 0 aliphatic rings. The number of anilines is 2. The van der Waals surface area contributed by atoms with Crippen molar-refractivity contribution in [1.82, 2.24) is 9.97 Å². The molecule has 0 aliphatic heterocycles. The molecule has 1 N–H and O–H groups in total. The van der Waals surface area contributed by atoms with Crippen LogP contribution in [0.25, 0.3) is 9.91 Å². The molecule has 0 bridgehead atoms. The second-order valence-corrected chi connectivity index (χ2v) is 5.91. The van der Waals surface area contributed by atoms with E-state index in [9.17, 15) is 0 Å². The van der Waals surface area contributed by atoms with Crippen LogP contribution in [0.5, 0.6) is 0 Å². The third kappa shape index (κ3) is 2.20. The Kier molecular flexibility index (Phi) is 2.85. The Morgan fingerprint density at radius 2 is 2.00 bits per heavy atom. The number of nitrogens with zero attached hydrogens (tertiary/aromatic N) is 2. The summed E-state index contributed by atoms with van der Waals surface area (Å²) in [6.07, 6.45) is 1.80. The van der Waals surface area contributed by atoms with Crippen molar-refractivity contribution in [2.24, 2.45) is 0 Å². The number of fused-ring (bicyclic) bond motifs is 1. The van der Waals surface area contributed by atoms with Crippen LogP contribution in [0.3, 0.4) is 0 Å². The molecule has 0 fully saturated rings. The summed E-state index contributed by atoms with van der Waals surface area (Å²) in [5.41, 5.74) is 1.85. The Labute approximate surface area is 109 Å². The van der Waals surface area contributed by atoms with Gasteiger partial charge >= 0.3 is 109 Å². The first kappa shape index (κ1) is 10.8. The van der Waals surface area contributed by atoms with Crippen LogP contribution in [0.2, 0.25) is 5.02 Å². The number of benzene rings is 1. The van der Waals surface area contributed by atoms with Crippen molar-refractivity contribution in [3.63, 3.8) is 0 Å². The number of aromatic nitrogens is 2. The molecule has 3 nitrogen and oxygen atoms in total. The molecule has 0 aliphatic carbocycles. The molecule has 3 aromatic rings. The molecule has 3 rings (SSSR count). The van der Waals surface area contributed by atoms with Gasteiger partial charge in [-0.2, -0.15) is 0 Å². The van der Waals surface area contributed by atoms with Gasteiger partial charge in [-0.3, -0.25) is 0 Å². The summed E-state index contributed by atoms with van der Waals surface area (Å²) in [6.45, 7) is 0. The van der Waals surface area contributed by atoms with E-state index in [1.54, 1.807) is 6.20 Å². The molecule has 0 spiro atoms. The molecule has 0 unspecified atom stereocenters. The van der Waals surface area contributed by atoms with E-state index < -0.39 is 0 Å². The Hall–Kier alpha value is -1.35. The molecule has 5 heteroatoms. The minimum atomic E-state index is 0.135. The predicted molar refractivity (Wildman–Crippen MR) is 71.2 cm³/mol. The summed E-state index contributed by atoms with van der Waals surface area (Å²) in [7, 11) is 0. The maximum atomic E-state index is 6.09. The molecule has 0 amide bonds. The van der Waals surface area contributed by atoms with E-state index in [2.05, 4.69) is 15.3 Å². The van der Waals surface area contributed by atoms with Gasteiger partial charge in [-0.1, -0.05) is 0 Å². The van der Waals surface area contributed by atoms with Gasteiger partial charge in [-0.15, -0.1) is 0 Å². The predicted octanol–water partition coefficient (Wildman–Crippen LogP) is 3.08. The van der Waals surface area contributed by atoms with E-state index in [1.165, 1.54) is 0 Å². The van der Waals surface area contributed by atoms with E-state index in [0.717, 1.165) is 20.3 Å². The number of halogens is 1. The van der Waals surface area contributed by atoms with Crippen molar-refractivity contribution in [2.45, 2.75) is 0 Å². The number of rotatable bonds is 2.